The maximum Gasteiger partial charge on any atom is 0.407 e. The molecule has 0 bridgehead atoms. The minimum atomic E-state index is -1.13. The Kier molecular flexibility index (Phi) is 11.9. The van der Waals surface area contributed by atoms with Crippen molar-refractivity contribution in [2.45, 2.75) is 69.4 Å². The quantitative estimate of drug-likeness (QED) is 0.221. The van der Waals surface area contributed by atoms with Gasteiger partial charge in [-0.2, -0.15) is 0 Å². The van der Waals surface area contributed by atoms with Gasteiger partial charge in [-0.15, -0.1) is 0 Å². The molecule has 0 aromatic heterocycles. The standard InChI is InChI=1S/C29H37N3O8/c33-22(18-30-29(39)40-19-21-10-5-2-6-11-21)14-16-23(26(34)32-17-7-12-25(32)28(37)38)31-24(27(35)36)15-13-20-8-3-1-4-9-20/h1-6,8-11,22-25,31,33H,7,12-19H2,(H,30,39)(H,35,36)(H,37,38)/t22?,23?,24?,25-/m0/s1. The van der Waals surface area contributed by atoms with E-state index in [0.717, 1.165) is 11.1 Å². The SMILES string of the molecule is O=C(NCC(O)CCC(NC(CCc1ccccc1)C(=O)O)C(=O)N1CCC[C@H]1C(=O)O)OCc1ccccc1. The van der Waals surface area contributed by atoms with Gasteiger partial charge in [0.15, 0.2) is 0 Å². The Morgan fingerprint density at radius 1 is 0.900 bits per heavy atom. The number of carboxylic acids is 2. The van der Waals surface area contributed by atoms with E-state index in [-0.39, 0.29) is 39.0 Å². The van der Waals surface area contributed by atoms with Crippen LogP contribution in [0.15, 0.2) is 60.7 Å². The summed E-state index contributed by atoms with van der Waals surface area (Å²) in [7, 11) is 0. The number of nitrogens with zero attached hydrogens (tertiary/aromatic N) is 1. The van der Waals surface area contributed by atoms with Crippen molar-refractivity contribution in [3.63, 3.8) is 0 Å². The molecule has 40 heavy (non-hydrogen) atoms. The first-order chi connectivity index (χ1) is 19.2. The van der Waals surface area contributed by atoms with Crippen LogP contribution in [0.5, 0.6) is 0 Å². The zero-order chi connectivity index (χ0) is 28.9. The molecule has 2 aromatic rings. The lowest BCUT2D eigenvalue weighted by atomic mass is 10.0. The summed E-state index contributed by atoms with van der Waals surface area (Å²) >= 11 is 0. The zero-order valence-electron chi connectivity index (χ0n) is 22.3. The van der Waals surface area contributed by atoms with Gasteiger partial charge in [-0.1, -0.05) is 60.7 Å². The third-order valence-electron chi connectivity index (χ3n) is 6.87. The fraction of sp³-hybridized carbons (Fsp3) is 0.448. The molecule has 0 radical (unpaired) electrons. The Bertz CT molecular complexity index is 1110. The Hall–Kier alpha value is -3.96. The first-order valence-electron chi connectivity index (χ1n) is 13.4. The Labute approximate surface area is 233 Å². The number of likely N-dealkylation sites (tertiary alicyclic amines) is 1. The van der Waals surface area contributed by atoms with Gasteiger partial charge in [0.2, 0.25) is 5.91 Å². The molecule has 1 fully saturated rings. The van der Waals surface area contributed by atoms with E-state index in [9.17, 15) is 34.5 Å². The summed E-state index contributed by atoms with van der Waals surface area (Å²) < 4.78 is 5.13. The second kappa shape index (κ2) is 15.6. The number of carboxylic acid groups (broad SMARTS) is 2. The topological polar surface area (TPSA) is 166 Å². The van der Waals surface area contributed by atoms with Gasteiger partial charge in [0.1, 0.15) is 18.7 Å². The van der Waals surface area contributed by atoms with Gasteiger partial charge in [0, 0.05) is 13.1 Å². The maximum atomic E-state index is 13.4. The number of amides is 2. The summed E-state index contributed by atoms with van der Waals surface area (Å²) in [5, 5.41) is 35.3. The van der Waals surface area contributed by atoms with Gasteiger partial charge >= 0.3 is 18.0 Å². The summed E-state index contributed by atoms with van der Waals surface area (Å²) in [5.74, 6) is -2.76. The van der Waals surface area contributed by atoms with Crippen LogP contribution >= 0.6 is 0 Å². The number of carbonyl (C=O) groups excluding carboxylic acids is 2. The van der Waals surface area contributed by atoms with Crippen LogP contribution in [0.3, 0.4) is 0 Å². The van der Waals surface area contributed by atoms with Crippen molar-refractivity contribution < 1.29 is 39.2 Å². The third-order valence-corrected chi connectivity index (χ3v) is 6.87. The molecular formula is C29H37N3O8. The molecule has 216 valence electrons. The highest BCUT2D eigenvalue weighted by Gasteiger charge is 2.38. The summed E-state index contributed by atoms with van der Waals surface area (Å²) in [4.78, 5) is 50.5. The molecule has 3 rings (SSSR count). The number of nitrogens with one attached hydrogen (secondary N) is 2. The first-order valence-corrected chi connectivity index (χ1v) is 13.4. The number of carbonyl (C=O) groups is 4. The highest BCUT2D eigenvalue weighted by molar-refractivity contribution is 5.88. The molecule has 1 aliphatic rings. The number of aliphatic hydroxyl groups is 1. The molecule has 11 heteroatoms. The minimum absolute atomic E-state index is 0.0404. The van der Waals surface area contributed by atoms with Gasteiger partial charge in [-0.3, -0.25) is 14.9 Å². The smallest absolute Gasteiger partial charge is 0.407 e. The van der Waals surface area contributed by atoms with Crippen LogP contribution in [-0.4, -0.2) is 81.5 Å². The van der Waals surface area contributed by atoms with E-state index in [1.807, 2.05) is 60.7 Å². The van der Waals surface area contributed by atoms with Crippen molar-refractivity contribution in [3.05, 3.63) is 71.8 Å². The molecule has 0 spiro atoms. The summed E-state index contributed by atoms with van der Waals surface area (Å²) in [6, 6.07) is 15.4. The predicted octanol–water partition coefficient (Wildman–Crippen LogP) is 2.17. The molecule has 4 atom stereocenters. The lowest BCUT2D eigenvalue weighted by Gasteiger charge is -2.30. The van der Waals surface area contributed by atoms with Gasteiger partial charge in [-0.25, -0.2) is 9.59 Å². The maximum absolute atomic E-state index is 13.4. The fourth-order valence-corrected chi connectivity index (χ4v) is 4.68. The minimum Gasteiger partial charge on any atom is -0.480 e. The highest BCUT2D eigenvalue weighted by atomic mass is 16.5. The van der Waals surface area contributed by atoms with E-state index in [1.165, 1.54) is 4.90 Å². The molecule has 2 aromatic carbocycles. The Morgan fingerprint density at radius 3 is 2.17 bits per heavy atom. The number of rotatable bonds is 15. The van der Waals surface area contributed by atoms with E-state index in [1.54, 1.807) is 0 Å². The molecule has 2 amide bonds. The average Bonchev–Trinajstić information content (AvgIpc) is 3.46. The summed E-state index contributed by atoms with van der Waals surface area (Å²) in [6.45, 7) is 0.197. The van der Waals surface area contributed by atoms with Crippen molar-refractivity contribution in [2.75, 3.05) is 13.1 Å². The van der Waals surface area contributed by atoms with Crippen LogP contribution in [-0.2, 0) is 32.1 Å². The molecule has 1 aliphatic heterocycles. The molecule has 11 nitrogen and oxygen atoms in total. The molecule has 0 saturated carbocycles. The van der Waals surface area contributed by atoms with Crippen LogP contribution in [0.1, 0.15) is 43.2 Å². The van der Waals surface area contributed by atoms with E-state index in [4.69, 9.17) is 4.74 Å². The van der Waals surface area contributed by atoms with Crippen LogP contribution < -0.4 is 10.6 Å². The van der Waals surface area contributed by atoms with Crippen LogP contribution in [0.4, 0.5) is 4.79 Å². The average molecular weight is 556 g/mol. The number of hydrogen-bond donors (Lipinski definition) is 5. The Balaban J connectivity index is 1.59. The van der Waals surface area contributed by atoms with E-state index < -0.39 is 48.2 Å². The van der Waals surface area contributed by atoms with E-state index in [0.29, 0.717) is 19.3 Å². The van der Waals surface area contributed by atoms with Crippen LogP contribution in [0.2, 0.25) is 0 Å². The van der Waals surface area contributed by atoms with Gasteiger partial charge in [-0.05, 0) is 49.7 Å². The molecule has 1 saturated heterocycles. The van der Waals surface area contributed by atoms with Gasteiger partial charge in [0.05, 0.1) is 12.1 Å². The zero-order valence-corrected chi connectivity index (χ0v) is 22.3. The number of ether oxygens (including phenoxy) is 1. The number of alkyl carbamates (subject to hydrolysis) is 1. The molecule has 5 N–H and O–H groups in total. The van der Waals surface area contributed by atoms with Crippen molar-refractivity contribution in [3.8, 4) is 0 Å². The molecule has 0 aliphatic carbocycles. The van der Waals surface area contributed by atoms with Crippen LogP contribution in [0, 0.1) is 0 Å². The van der Waals surface area contributed by atoms with Crippen molar-refractivity contribution >= 4 is 23.9 Å². The van der Waals surface area contributed by atoms with Crippen molar-refractivity contribution in [1.29, 1.82) is 0 Å². The molecule has 1 heterocycles. The predicted molar refractivity (Wildman–Crippen MR) is 145 cm³/mol. The lowest BCUT2D eigenvalue weighted by Crippen LogP contribution is -2.54. The number of aliphatic hydroxyl groups excluding tert-OH is 1. The van der Waals surface area contributed by atoms with Crippen molar-refractivity contribution in [1.82, 2.24) is 15.5 Å². The first kappa shape index (κ1) is 30.6. The number of hydrogen-bond acceptors (Lipinski definition) is 7. The highest BCUT2D eigenvalue weighted by Crippen LogP contribution is 2.20. The lowest BCUT2D eigenvalue weighted by molar-refractivity contribution is -0.150. The monoisotopic (exact) mass is 555 g/mol. The van der Waals surface area contributed by atoms with E-state index >= 15 is 0 Å². The molecule has 3 unspecified atom stereocenters. The van der Waals surface area contributed by atoms with Crippen molar-refractivity contribution in [2.24, 2.45) is 0 Å². The third kappa shape index (κ3) is 9.65. The number of aliphatic carboxylic acids is 2. The van der Waals surface area contributed by atoms with Gasteiger partial charge in [0.25, 0.3) is 0 Å². The number of aryl methyl sites for hydroxylation is 1. The van der Waals surface area contributed by atoms with Gasteiger partial charge < -0.3 is 30.3 Å². The largest absolute Gasteiger partial charge is 0.480 e. The number of benzene rings is 2. The second-order valence-electron chi connectivity index (χ2n) is 9.84. The van der Waals surface area contributed by atoms with E-state index in [2.05, 4.69) is 10.6 Å². The normalized spacial score (nSPS) is 17.0. The molecular weight excluding hydrogens is 518 g/mol. The Morgan fingerprint density at radius 2 is 1.55 bits per heavy atom. The fourth-order valence-electron chi connectivity index (χ4n) is 4.68. The second-order valence-corrected chi connectivity index (χ2v) is 9.84. The summed E-state index contributed by atoms with van der Waals surface area (Å²) in [6.07, 6.45) is -0.124. The summed E-state index contributed by atoms with van der Waals surface area (Å²) in [5.41, 5.74) is 1.76. The van der Waals surface area contributed by atoms with Crippen LogP contribution in [0.25, 0.3) is 0 Å².